The number of para-hydroxylation sites is 1. The van der Waals surface area contributed by atoms with Gasteiger partial charge in [-0.2, -0.15) is 0 Å². The zero-order chi connectivity index (χ0) is 22.8. The van der Waals surface area contributed by atoms with Crippen molar-refractivity contribution in [2.24, 2.45) is 0 Å². The standard InChI is InChI=1S/C26H18ClN3OS2/c27-21-8-4-5-18-19(21)6-3-7-20(18)24(31)30-26(32)28-15-16-11-13-17(14-12-16)25-29-22-9-1-2-10-23(22)33-25/h1-14H,15H2,(H2,28,30,31,32). The van der Waals surface area contributed by atoms with Crippen molar-refractivity contribution in [1.29, 1.82) is 0 Å². The first-order valence-electron chi connectivity index (χ1n) is 10.3. The maximum Gasteiger partial charge on any atom is 0.258 e. The van der Waals surface area contributed by atoms with Crippen LogP contribution in [0.25, 0.3) is 31.6 Å². The van der Waals surface area contributed by atoms with Crippen molar-refractivity contribution in [2.45, 2.75) is 6.54 Å². The minimum atomic E-state index is -0.272. The van der Waals surface area contributed by atoms with E-state index in [1.807, 2.05) is 54.6 Å². The fourth-order valence-electron chi connectivity index (χ4n) is 3.63. The summed E-state index contributed by atoms with van der Waals surface area (Å²) in [5.41, 5.74) is 3.66. The number of thiocarbonyl (C=S) groups is 1. The molecular formula is C26H18ClN3OS2. The molecule has 162 valence electrons. The molecule has 7 heteroatoms. The van der Waals surface area contributed by atoms with Crippen LogP contribution in [0.2, 0.25) is 5.02 Å². The van der Waals surface area contributed by atoms with Gasteiger partial charge in [0.2, 0.25) is 0 Å². The highest BCUT2D eigenvalue weighted by Crippen LogP contribution is 2.30. The molecule has 5 aromatic rings. The largest absolute Gasteiger partial charge is 0.358 e. The lowest BCUT2D eigenvalue weighted by Gasteiger charge is -2.11. The van der Waals surface area contributed by atoms with Crippen LogP contribution in [0.15, 0.2) is 84.9 Å². The topological polar surface area (TPSA) is 54.0 Å². The Kier molecular flexibility index (Phi) is 6.05. The number of amides is 1. The molecule has 0 atom stereocenters. The molecule has 0 radical (unpaired) electrons. The molecule has 4 aromatic carbocycles. The summed E-state index contributed by atoms with van der Waals surface area (Å²) < 4.78 is 1.17. The van der Waals surface area contributed by atoms with Gasteiger partial charge in [-0.05, 0) is 47.4 Å². The van der Waals surface area contributed by atoms with E-state index in [1.54, 1.807) is 23.5 Å². The summed E-state index contributed by atoms with van der Waals surface area (Å²) >= 11 is 13.3. The monoisotopic (exact) mass is 487 g/mol. The summed E-state index contributed by atoms with van der Waals surface area (Å²) in [7, 11) is 0. The molecule has 0 spiro atoms. The highest BCUT2D eigenvalue weighted by molar-refractivity contribution is 7.80. The first kappa shape index (κ1) is 21.5. The number of carbonyl (C=O) groups is 1. The third-order valence-electron chi connectivity index (χ3n) is 5.29. The fourth-order valence-corrected chi connectivity index (χ4v) is 5.00. The van der Waals surface area contributed by atoms with E-state index in [1.165, 1.54) is 4.70 Å². The lowest BCUT2D eigenvalue weighted by molar-refractivity contribution is 0.0978. The van der Waals surface area contributed by atoms with Gasteiger partial charge in [-0.15, -0.1) is 11.3 Å². The summed E-state index contributed by atoms with van der Waals surface area (Å²) in [5, 5.41) is 9.36. The molecule has 0 aliphatic heterocycles. The number of halogens is 1. The molecule has 0 saturated heterocycles. The molecule has 1 heterocycles. The van der Waals surface area contributed by atoms with Crippen LogP contribution >= 0.6 is 35.2 Å². The Hall–Kier alpha value is -3.32. The number of fused-ring (bicyclic) bond motifs is 2. The zero-order valence-corrected chi connectivity index (χ0v) is 19.7. The molecule has 5 rings (SSSR count). The SMILES string of the molecule is O=C(NC(=S)NCc1ccc(-c2nc3ccccc3s2)cc1)c1cccc2c(Cl)cccc12. The molecule has 2 N–H and O–H groups in total. The molecular weight excluding hydrogens is 470 g/mol. The third-order valence-corrected chi connectivity index (χ3v) is 6.95. The van der Waals surface area contributed by atoms with Gasteiger partial charge in [0, 0.05) is 28.1 Å². The summed E-state index contributed by atoms with van der Waals surface area (Å²) in [6.07, 6.45) is 0. The van der Waals surface area contributed by atoms with Crippen LogP contribution in [0.4, 0.5) is 0 Å². The van der Waals surface area contributed by atoms with Crippen molar-refractivity contribution >= 4 is 67.2 Å². The third kappa shape index (κ3) is 4.59. The second-order valence-electron chi connectivity index (χ2n) is 7.46. The first-order chi connectivity index (χ1) is 16.1. The van der Waals surface area contributed by atoms with Gasteiger partial charge in [0.25, 0.3) is 5.91 Å². The second kappa shape index (κ2) is 9.27. The van der Waals surface area contributed by atoms with Crippen LogP contribution in [0.1, 0.15) is 15.9 Å². The smallest absolute Gasteiger partial charge is 0.258 e. The van der Waals surface area contributed by atoms with Crippen LogP contribution in [0, 0.1) is 0 Å². The Morgan fingerprint density at radius 3 is 2.48 bits per heavy atom. The highest BCUT2D eigenvalue weighted by Gasteiger charge is 2.12. The average Bonchev–Trinajstić information content (AvgIpc) is 3.27. The van der Waals surface area contributed by atoms with Crippen molar-refractivity contribution in [3.8, 4) is 10.6 Å². The van der Waals surface area contributed by atoms with E-state index in [-0.39, 0.29) is 11.0 Å². The zero-order valence-electron chi connectivity index (χ0n) is 17.3. The number of hydrogen-bond acceptors (Lipinski definition) is 4. The normalized spacial score (nSPS) is 10.9. The van der Waals surface area contributed by atoms with Crippen molar-refractivity contribution in [3.63, 3.8) is 0 Å². The van der Waals surface area contributed by atoms with Gasteiger partial charge in [0.1, 0.15) is 5.01 Å². The van der Waals surface area contributed by atoms with Crippen LogP contribution < -0.4 is 10.6 Å². The number of benzene rings is 4. The van der Waals surface area contributed by atoms with E-state index < -0.39 is 0 Å². The summed E-state index contributed by atoms with van der Waals surface area (Å²) in [5.74, 6) is -0.272. The molecule has 0 aliphatic carbocycles. The molecule has 4 nitrogen and oxygen atoms in total. The second-order valence-corrected chi connectivity index (χ2v) is 9.31. The van der Waals surface area contributed by atoms with Crippen LogP contribution in [0.3, 0.4) is 0 Å². The van der Waals surface area contributed by atoms with E-state index in [4.69, 9.17) is 28.8 Å². The van der Waals surface area contributed by atoms with E-state index in [0.717, 1.165) is 32.4 Å². The van der Waals surface area contributed by atoms with Gasteiger partial charge in [0.05, 0.1) is 10.2 Å². The number of nitrogens with one attached hydrogen (secondary N) is 2. The number of aromatic nitrogens is 1. The first-order valence-corrected chi connectivity index (χ1v) is 11.9. The predicted octanol–water partition coefficient (Wildman–Crippen LogP) is 6.57. The van der Waals surface area contributed by atoms with Crippen LogP contribution in [0.5, 0.6) is 0 Å². The van der Waals surface area contributed by atoms with Crippen molar-refractivity contribution in [2.75, 3.05) is 0 Å². The minimum Gasteiger partial charge on any atom is -0.358 e. The number of thiazole rings is 1. The van der Waals surface area contributed by atoms with E-state index >= 15 is 0 Å². The molecule has 0 unspecified atom stereocenters. The van der Waals surface area contributed by atoms with Gasteiger partial charge in [-0.1, -0.05) is 72.3 Å². The lowest BCUT2D eigenvalue weighted by Crippen LogP contribution is -2.38. The van der Waals surface area contributed by atoms with Crippen LogP contribution in [-0.2, 0) is 6.54 Å². The Balaban J connectivity index is 1.22. The van der Waals surface area contributed by atoms with Gasteiger partial charge >= 0.3 is 0 Å². The molecule has 1 amide bonds. The molecule has 0 aliphatic rings. The molecule has 1 aromatic heterocycles. The van der Waals surface area contributed by atoms with Gasteiger partial charge in [-0.25, -0.2) is 4.98 Å². The number of hydrogen-bond donors (Lipinski definition) is 2. The summed E-state index contributed by atoms with van der Waals surface area (Å²) in [4.78, 5) is 17.5. The van der Waals surface area contributed by atoms with Crippen molar-refractivity contribution in [1.82, 2.24) is 15.6 Å². The van der Waals surface area contributed by atoms with Crippen LogP contribution in [-0.4, -0.2) is 16.0 Å². The van der Waals surface area contributed by atoms with Crippen molar-refractivity contribution < 1.29 is 4.79 Å². The molecule has 0 fully saturated rings. The van der Waals surface area contributed by atoms with E-state index in [0.29, 0.717) is 17.1 Å². The van der Waals surface area contributed by atoms with Gasteiger partial charge in [0.15, 0.2) is 5.11 Å². The number of carbonyl (C=O) groups excluding carboxylic acids is 1. The van der Waals surface area contributed by atoms with E-state index in [9.17, 15) is 4.79 Å². The molecule has 33 heavy (non-hydrogen) atoms. The fraction of sp³-hybridized carbons (Fsp3) is 0.0385. The minimum absolute atomic E-state index is 0.272. The maximum atomic E-state index is 12.8. The highest BCUT2D eigenvalue weighted by atomic mass is 35.5. The Morgan fingerprint density at radius 1 is 0.909 bits per heavy atom. The Morgan fingerprint density at radius 2 is 1.67 bits per heavy atom. The summed E-state index contributed by atoms with van der Waals surface area (Å²) in [6.45, 7) is 0.501. The van der Waals surface area contributed by atoms with Gasteiger partial charge in [-0.3, -0.25) is 10.1 Å². The van der Waals surface area contributed by atoms with Gasteiger partial charge < -0.3 is 5.32 Å². The number of rotatable bonds is 4. The van der Waals surface area contributed by atoms with E-state index in [2.05, 4.69) is 28.8 Å². The average molecular weight is 488 g/mol. The lowest BCUT2D eigenvalue weighted by atomic mass is 10.0. The Bertz CT molecular complexity index is 1460. The number of nitrogens with zero attached hydrogens (tertiary/aromatic N) is 1. The van der Waals surface area contributed by atoms with Crippen molar-refractivity contribution in [3.05, 3.63) is 101 Å². The quantitative estimate of drug-likeness (QED) is 0.281. The predicted molar refractivity (Wildman–Crippen MR) is 141 cm³/mol. The Labute approximate surface area is 205 Å². The maximum absolute atomic E-state index is 12.8. The molecule has 0 bridgehead atoms. The summed E-state index contributed by atoms with van der Waals surface area (Å²) in [6, 6.07) is 27.3. The molecule has 0 saturated carbocycles.